The lowest BCUT2D eigenvalue weighted by atomic mass is 10.0. The quantitative estimate of drug-likeness (QED) is 0.268. The van der Waals surface area contributed by atoms with Gasteiger partial charge in [0.1, 0.15) is 5.82 Å². The summed E-state index contributed by atoms with van der Waals surface area (Å²) in [7, 11) is 2.13. The number of aromatic nitrogens is 3. The van der Waals surface area contributed by atoms with Crippen molar-refractivity contribution in [2.45, 2.75) is 0 Å². The molecule has 0 saturated carbocycles. The van der Waals surface area contributed by atoms with Crippen LogP contribution >= 0.6 is 0 Å². The molecule has 154 valence electrons. The third-order valence-corrected chi connectivity index (χ3v) is 7.25. The normalized spacial score (nSPS) is 12.4. The van der Waals surface area contributed by atoms with Crippen LogP contribution in [0.15, 0.2) is 97.1 Å². The molecule has 5 aromatic carbocycles. The topological polar surface area (TPSA) is 22.2 Å². The maximum absolute atomic E-state index is 4.99. The van der Waals surface area contributed by atoms with Crippen LogP contribution in [-0.2, 0) is 7.05 Å². The molecular formula is C30H19N3. The number of imidazole rings is 1. The molecule has 0 radical (unpaired) electrons. The summed E-state index contributed by atoms with van der Waals surface area (Å²) < 4.78 is 4.68. The molecule has 0 amide bonds. The first-order valence-corrected chi connectivity index (χ1v) is 11.3. The molecule has 0 spiro atoms. The average Bonchev–Trinajstić information content (AvgIpc) is 3.51. The van der Waals surface area contributed by atoms with Crippen LogP contribution in [0.5, 0.6) is 0 Å². The van der Waals surface area contributed by atoms with Crippen molar-refractivity contribution in [3.63, 3.8) is 0 Å². The predicted octanol–water partition coefficient (Wildman–Crippen LogP) is 7.54. The Kier molecular flexibility index (Phi) is 3.08. The van der Waals surface area contributed by atoms with Crippen LogP contribution in [0.1, 0.15) is 0 Å². The van der Waals surface area contributed by atoms with Crippen LogP contribution in [0, 0.1) is 0 Å². The highest BCUT2D eigenvalue weighted by Gasteiger charge is 2.20. The third kappa shape index (κ3) is 2.03. The summed E-state index contributed by atoms with van der Waals surface area (Å²) in [6.45, 7) is 0. The fourth-order valence-electron chi connectivity index (χ4n) is 5.89. The van der Waals surface area contributed by atoms with Gasteiger partial charge < -0.3 is 8.97 Å². The van der Waals surface area contributed by atoms with E-state index in [1.54, 1.807) is 0 Å². The van der Waals surface area contributed by atoms with Gasteiger partial charge in [-0.1, -0.05) is 78.9 Å². The summed E-state index contributed by atoms with van der Waals surface area (Å²) in [6.07, 6.45) is 0. The zero-order chi connectivity index (χ0) is 21.7. The fourth-order valence-corrected chi connectivity index (χ4v) is 5.89. The summed E-state index contributed by atoms with van der Waals surface area (Å²) in [5.41, 5.74) is 7.20. The van der Waals surface area contributed by atoms with E-state index in [0.29, 0.717) is 0 Å². The minimum Gasteiger partial charge on any atom is -0.327 e. The molecule has 3 heterocycles. The smallest absolute Gasteiger partial charge is 0.140 e. The van der Waals surface area contributed by atoms with Crippen molar-refractivity contribution >= 4 is 59.9 Å². The standard InChI is InChI=1S/C30H19N3/c1-32-29-22-15-17-26-27(20(22)14-16-24(29)31-30(32)18-8-3-2-4-9-18)23-12-7-11-21-19-10-5-6-13-25(19)33(26)28(21)23/h2-17H,1H3. The van der Waals surface area contributed by atoms with Crippen molar-refractivity contribution in [2.24, 2.45) is 7.05 Å². The molecule has 0 N–H and O–H groups in total. The molecule has 0 bridgehead atoms. The lowest BCUT2D eigenvalue weighted by Crippen LogP contribution is -1.93. The van der Waals surface area contributed by atoms with Gasteiger partial charge in [-0.25, -0.2) is 4.98 Å². The maximum atomic E-state index is 4.99. The Balaban J connectivity index is 1.57. The highest BCUT2D eigenvalue weighted by Crippen LogP contribution is 2.42. The van der Waals surface area contributed by atoms with Gasteiger partial charge in [0.25, 0.3) is 0 Å². The second kappa shape index (κ2) is 5.90. The van der Waals surface area contributed by atoms with E-state index in [1.807, 2.05) is 6.07 Å². The largest absolute Gasteiger partial charge is 0.327 e. The van der Waals surface area contributed by atoms with E-state index in [9.17, 15) is 0 Å². The zero-order valence-electron chi connectivity index (χ0n) is 18.1. The SMILES string of the molecule is Cn1c(-c2ccccc2)nc2ccc3c(ccc4c3c3cccc5c6ccccc6n4c53)c21. The predicted molar refractivity (Wildman–Crippen MR) is 138 cm³/mol. The molecule has 0 atom stereocenters. The Morgan fingerprint density at radius 1 is 0.545 bits per heavy atom. The summed E-state index contributed by atoms with van der Waals surface area (Å²) in [5, 5.41) is 7.80. The van der Waals surface area contributed by atoms with Gasteiger partial charge >= 0.3 is 0 Å². The van der Waals surface area contributed by atoms with Crippen molar-refractivity contribution in [1.82, 2.24) is 14.0 Å². The van der Waals surface area contributed by atoms with Gasteiger partial charge in [0.2, 0.25) is 0 Å². The molecule has 0 aliphatic carbocycles. The number of hydrogen-bond acceptors (Lipinski definition) is 1. The van der Waals surface area contributed by atoms with E-state index in [-0.39, 0.29) is 0 Å². The van der Waals surface area contributed by atoms with Crippen molar-refractivity contribution in [2.75, 3.05) is 0 Å². The van der Waals surface area contributed by atoms with E-state index >= 15 is 0 Å². The summed E-state index contributed by atoms with van der Waals surface area (Å²) in [5.74, 6) is 0.998. The number of benzene rings is 5. The molecule has 8 rings (SSSR count). The van der Waals surface area contributed by atoms with Gasteiger partial charge in [-0.3, -0.25) is 0 Å². The zero-order valence-corrected chi connectivity index (χ0v) is 18.1. The summed E-state index contributed by atoms with van der Waals surface area (Å²) >= 11 is 0. The maximum Gasteiger partial charge on any atom is 0.140 e. The highest BCUT2D eigenvalue weighted by molar-refractivity contribution is 6.30. The van der Waals surface area contributed by atoms with Gasteiger partial charge in [0.15, 0.2) is 0 Å². The fraction of sp³-hybridized carbons (Fsp3) is 0.0333. The highest BCUT2D eigenvalue weighted by atomic mass is 15.1. The Labute approximate surface area is 189 Å². The van der Waals surface area contributed by atoms with Crippen LogP contribution in [0.4, 0.5) is 0 Å². The van der Waals surface area contributed by atoms with Crippen LogP contribution < -0.4 is 0 Å². The number of nitrogens with zero attached hydrogens (tertiary/aromatic N) is 3. The van der Waals surface area contributed by atoms with E-state index in [0.717, 1.165) is 16.9 Å². The van der Waals surface area contributed by atoms with Crippen molar-refractivity contribution < 1.29 is 0 Å². The average molecular weight is 422 g/mol. The van der Waals surface area contributed by atoms with Gasteiger partial charge in [-0.15, -0.1) is 0 Å². The van der Waals surface area contributed by atoms with Crippen LogP contribution in [-0.4, -0.2) is 14.0 Å². The molecule has 0 saturated heterocycles. The van der Waals surface area contributed by atoms with Crippen molar-refractivity contribution in [3.05, 3.63) is 97.1 Å². The van der Waals surface area contributed by atoms with Gasteiger partial charge in [0, 0.05) is 39.5 Å². The first-order chi connectivity index (χ1) is 16.3. The van der Waals surface area contributed by atoms with E-state index in [2.05, 4.69) is 107 Å². The first kappa shape index (κ1) is 17.2. The number of aryl methyl sites for hydroxylation is 1. The van der Waals surface area contributed by atoms with Crippen LogP contribution in [0.3, 0.4) is 0 Å². The minimum absolute atomic E-state index is 0.998. The van der Waals surface area contributed by atoms with E-state index < -0.39 is 0 Å². The Morgan fingerprint density at radius 2 is 1.27 bits per heavy atom. The number of hydrogen-bond donors (Lipinski definition) is 0. The molecule has 0 aliphatic heterocycles. The van der Waals surface area contributed by atoms with Crippen LogP contribution in [0.25, 0.3) is 71.3 Å². The van der Waals surface area contributed by atoms with Gasteiger partial charge in [0.05, 0.1) is 27.6 Å². The lowest BCUT2D eigenvalue weighted by Gasteiger charge is -2.07. The van der Waals surface area contributed by atoms with Crippen molar-refractivity contribution in [3.8, 4) is 11.4 Å². The molecular weight excluding hydrogens is 402 g/mol. The molecule has 0 aliphatic rings. The van der Waals surface area contributed by atoms with Gasteiger partial charge in [-0.2, -0.15) is 0 Å². The molecule has 0 unspecified atom stereocenters. The molecule has 0 fully saturated rings. The summed E-state index contributed by atoms with van der Waals surface area (Å²) in [6, 6.07) is 34.9. The number of para-hydroxylation sites is 2. The van der Waals surface area contributed by atoms with Crippen LogP contribution in [0.2, 0.25) is 0 Å². The molecule has 3 nitrogen and oxygen atoms in total. The second-order valence-electron chi connectivity index (χ2n) is 8.90. The summed E-state index contributed by atoms with van der Waals surface area (Å²) in [4.78, 5) is 4.99. The van der Waals surface area contributed by atoms with Crippen molar-refractivity contribution in [1.29, 1.82) is 0 Å². The first-order valence-electron chi connectivity index (χ1n) is 11.3. The monoisotopic (exact) mass is 421 g/mol. The number of rotatable bonds is 1. The molecule has 3 heteroatoms. The molecule has 3 aromatic heterocycles. The second-order valence-corrected chi connectivity index (χ2v) is 8.90. The number of fused-ring (bicyclic) bond motifs is 10. The molecule has 8 aromatic rings. The Morgan fingerprint density at radius 3 is 2.18 bits per heavy atom. The van der Waals surface area contributed by atoms with Gasteiger partial charge in [-0.05, 0) is 23.6 Å². The minimum atomic E-state index is 0.998. The Bertz CT molecular complexity index is 2020. The van der Waals surface area contributed by atoms with E-state index in [1.165, 1.54) is 54.4 Å². The van der Waals surface area contributed by atoms with E-state index in [4.69, 9.17) is 4.98 Å². The Hall–Kier alpha value is -4.37. The third-order valence-electron chi connectivity index (χ3n) is 7.25. The lowest BCUT2D eigenvalue weighted by molar-refractivity contribution is 0.962. The molecule has 33 heavy (non-hydrogen) atoms.